The molecule has 0 aliphatic heterocycles. The molecule has 0 saturated carbocycles. The maximum absolute atomic E-state index is 12.9. The van der Waals surface area contributed by atoms with Gasteiger partial charge in [0, 0.05) is 5.75 Å². The number of anilines is 2. The normalized spacial score (nSPS) is 12.6. The zero-order chi connectivity index (χ0) is 21.6. The molecule has 0 spiro atoms. The molecule has 1 atom stereocenters. The van der Waals surface area contributed by atoms with Crippen LogP contribution in [0.5, 0.6) is 5.75 Å². The molecule has 1 N–H and O–H groups in total. The Balaban J connectivity index is 2.22. The first kappa shape index (κ1) is 23.4. The zero-order valence-electron chi connectivity index (χ0n) is 17.1. The average Bonchev–Trinajstić information content (AvgIpc) is 3.10. The molecule has 1 aromatic heterocycles. The fourth-order valence-electron chi connectivity index (χ4n) is 2.53. The SMILES string of the molecule is CC[C@H](C(=O)Nc1nnc(SCC(C)C)s1)N(c1ccc(OC)cc1)S(C)(=O)=O. The number of carbonyl (C=O) groups excluding carboxylic acids is 1. The Morgan fingerprint density at radius 1 is 1.28 bits per heavy atom. The molecular formula is C18H26N4O4S3. The molecule has 0 aliphatic carbocycles. The summed E-state index contributed by atoms with van der Waals surface area (Å²) < 4.78 is 32.0. The summed E-state index contributed by atoms with van der Waals surface area (Å²) in [5.41, 5.74) is 0.390. The number of aromatic nitrogens is 2. The highest BCUT2D eigenvalue weighted by molar-refractivity contribution is 8.01. The molecule has 29 heavy (non-hydrogen) atoms. The van der Waals surface area contributed by atoms with Crippen LogP contribution in [0.25, 0.3) is 0 Å². The van der Waals surface area contributed by atoms with E-state index in [9.17, 15) is 13.2 Å². The second-order valence-corrected chi connectivity index (χ2v) is 10.9. The van der Waals surface area contributed by atoms with Crippen LogP contribution >= 0.6 is 23.1 Å². The Morgan fingerprint density at radius 3 is 2.45 bits per heavy atom. The molecule has 0 aliphatic rings. The average molecular weight is 459 g/mol. The maximum atomic E-state index is 12.9. The van der Waals surface area contributed by atoms with E-state index in [-0.39, 0.29) is 0 Å². The molecule has 1 heterocycles. The number of benzene rings is 1. The van der Waals surface area contributed by atoms with Gasteiger partial charge in [-0.2, -0.15) is 0 Å². The molecule has 160 valence electrons. The molecular weight excluding hydrogens is 432 g/mol. The standard InChI is InChI=1S/C18H26N4O4S3/c1-6-15(16(23)19-17-20-21-18(28-17)27-11-12(2)3)22(29(5,24)25)13-7-9-14(26-4)10-8-13/h7-10,12,15H,6,11H2,1-5H3,(H,19,20,23)/t15-/m1/s1. The number of ether oxygens (including phenoxy) is 1. The molecule has 2 rings (SSSR count). The van der Waals surface area contributed by atoms with Gasteiger partial charge in [-0.3, -0.25) is 14.4 Å². The van der Waals surface area contributed by atoms with Crippen molar-refractivity contribution in [3.63, 3.8) is 0 Å². The first-order chi connectivity index (χ1) is 13.7. The van der Waals surface area contributed by atoms with Gasteiger partial charge >= 0.3 is 0 Å². The minimum absolute atomic E-state index is 0.290. The van der Waals surface area contributed by atoms with Gasteiger partial charge in [0.1, 0.15) is 11.8 Å². The van der Waals surface area contributed by atoms with Crippen LogP contribution in [0.1, 0.15) is 27.2 Å². The van der Waals surface area contributed by atoms with Gasteiger partial charge in [-0.05, 0) is 36.6 Å². The number of thioether (sulfide) groups is 1. The number of sulfonamides is 1. The summed E-state index contributed by atoms with van der Waals surface area (Å²) in [6, 6.07) is 5.61. The van der Waals surface area contributed by atoms with Crippen molar-refractivity contribution in [2.24, 2.45) is 5.92 Å². The number of methoxy groups -OCH3 is 1. The van der Waals surface area contributed by atoms with Crippen molar-refractivity contribution in [3.05, 3.63) is 24.3 Å². The summed E-state index contributed by atoms with van der Waals surface area (Å²) in [5, 5.41) is 11.1. The minimum Gasteiger partial charge on any atom is -0.497 e. The second-order valence-electron chi connectivity index (χ2n) is 6.75. The lowest BCUT2D eigenvalue weighted by molar-refractivity contribution is -0.117. The van der Waals surface area contributed by atoms with Crippen LogP contribution in [0.3, 0.4) is 0 Å². The monoisotopic (exact) mass is 458 g/mol. The van der Waals surface area contributed by atoms with Crippen molar-refractivity contribution in [3.8, 4) is 5.75 Å². The molecule has 0 radical (unpaired) electrons. The zero-order valence-corrected chi connectivity index (χ0v) is 19.5. The van der Waals surface area contributed by atoms with Crippen molar-refractivity contribution in [2.45, 2.75) is 37.6 Å². The Kier molecular flexibility index (Phi) is 8.29. The molecule has 0 bridgehead atoms. The molecule has 0 unspecified atom stereocenters. The predicted molar refractivity (Wildman–Crippen MR) is 118 cm³/mol. The number of nitrogens with one attached hydrogen (secondary N) is 1. The Bertz CT molecular complexity index is 913. The van der Waals surface area contributed by atoms with Crippen LogP contribution in [-0.2, 0) is 14.8 Å². The second kappa shape index (κ2) is 10.3. The van der Waals surface area contributed by atoms with Gasteiger partial charge < -0.3 is 4.74 Å². The molecule has 2 aromatic rings. The van der Waals surface area contributed by atoms with Crippen LogP contribution in [0.4, 0.5) is 10.8 Å². The smallest absolute Gasteiger partial charge is 0.250 e. The number of nitrogens with zero attached hydrogens (tertiary/aromatic N) is 3. The summed E-state index contributed by atoms with van der Waals surface area (Å²) in [6.45, 7) is 5.99. The number of rotatable bonds is 10. The fourth-order valence-corrected chi connectivity index (χ4v) is 5.48. The summed E-state index contributed by atoms with van der Waals surface area (Å²) in [7, 11) is -2.17. The highest BCUT2D eigenvalue weighted by Crippen LogP contribution is 2.29. The van der Waals surface area contributed by atoms with Crippen LogP contribution in [0, 0.1) is 5.92 Å². The van der Waals surface area contributed by atoms with E-state index < -0.39 is 22.0 Å². The summed E-state index contributed by atoms with van der Waals surface area (Å²) >= 11 is 2.85. The number of hydrogen-bond donors (Lipinski definition) is 1. The van der Waals surface area contributed by atoms with Gasteiger partial charge in [0.05, 0.1) is 19.1 Å². The third-order valence-corrected chi connectivity index (χ3v) is 7.41. The van der Waals surface area contributed by atoms with E-state index in [1.54, 1.807) is 43.0 Å². The van der Waals surface area contributed by atoms with Crippen molar-refractivity contribution >= 4 is 49.8 Å². The lowest BCUT2D eigenvalue weighted by atomic mass is 10.2. The number of carbonyl (C=O) groups is 1. The van der Waals surface area contributed by atoms with Crippen molar-refractivity contribution in [2.75, 3.05) is 28.7 Å². The summed E-state index contributed by atoms with van der Waals surface area (Å²) in [4.78, 5) is 12.9. The molecule has 8 nitrogen and oxygen atoms in total. The quantitative estimate of drug-likeness (QED) is 0.430. The lowest BCUT2D eigenvalue weighted by Gasteiger charge is -2.29. The van der Waals surface area contributed by atoms with Crippen molar-refractivity contribution in [1.82, 2.24) is 10.2 Å². The van der Waals surface area contributed by atoms with Gasteiger partial charge in [0.2, 0.25) is 21.1 Å². The molecule has 1 aromatic carbocycles. The van der Waals surface area contributed by atoms with E-state index >= 15 is 0 Å². The third-order valence-electron chi connectivity index (χ3n) is 3.83. The highest BCUT2D eigenvalue weighted by atomic mass is 32.2. The van der Waals surface area contributed by atoms with Crippen molar-refractivity contribution in [1.29, 1.82) is 0 Å². The van der Waals surface area contributed by atoms with Crippen LogP contribution in [0.2, 0.25) is 0 Å². The fraction of sp³-hybridized carbons (Fsp3) is 0.500. The Hall–Kier alpha value is -1.85. The molecule has 0 fully saturated rings. The minimum atomic E-state index is -3.70. The van der Waals surface area contributed by atoms with Crippen LogP contribution in [0.15, 0.2) is 28.6 Å². The largest absolute Gasteiger partial charge is 0.497 e. The van der Waals surface area contributed by atoms with Gasteiger partial charge in [0.15, 0.2) is 4.34 Å². The van der Waals surface area contributed by atoms with E-state index in [0.29, 0.717) is 28.9 Å². The molecule has 1 amide bonds. The predicted octanol–water partition coefficient (Wildman–Crippen LogP) is 3.48. The number of amides is 1. The first-order valence-corrected chi connectivity index (χ1v) is 12.7. The van der Waals surface area contributed by atoms with E-state index in [1.807, 2.05) is 0 Å². The van der Waals surface area contributed by atoms with Gasteiger partial charge in [-0.25, -0.2) is 8.42 Å². The van der Waals surface area contributed by atoms with E-state index in [0.717, 1.165) is 20.7 Å². The molecule has 11 heteroatoms. The number of hydrogen-bond acceptors (Lipinski definition) is 8. The molecule has 0 saturated heterocycles. The highest BCUT2D eigenvalue weighted by Gasteiger charge is 2.32. The van der Waals surface area contributed by atoms with Crippen LogP contribution in [-0.4, -0.2) is 49.7 Å². The Morgan fingerprint density at radius 2 is 1.93 bits per heavy atom. The topological polar surface area (TPSA) is 101 Å². The van der Waals surface area contributed by atoms with E-state index in [4.69, 9.17) is 4.74 Å². The van der Waals surface area contributed by atoms with Gasteiger partial charge in [-0.1, -0.05) is 43.9 Å². The van der Waals surface area contributed by atoms with Crippen molar-refractivity contribution < 1.29 is 17.9 Å². The lowest BCUT2D eigenvalue weighted by Crippen LogP contribution is -2.46. The van der Waals surface area contributed by atoms with E-state index in [1.165, 1.54) is 18.4 Å². The third kappa shape index (κ3) is 6.58. The van der Waals surface area contributed by atoms with E-state index in [2.05, 4.69) is 29.4 Å². The first-order valence-electron chi connectivity index (χ1n) is 9.06. The summed E-state index contributed by atoms with van der Waals surface area (Å²) in [5.74, 6) is 1.56. The maximum Gasteiger partial charge on any atom is 0.250 e. The van der Waals surface area contributed by atoms with Gasteiger partial charge in [-0.15, -0.1) is 10.2 Å². The summed E-state index contributed by atoms with van der Waals surface area (Å²) in [6.07, 6.45) is 1.37. The van der Waals surface area contributed by atoms with Gasteiger partial charge in [0.25, 0.3) is 0 Å². The van der Waals surface area contributed by atoms with Crippen LogP contribution < -0.4 is 14.4 Å². The Labute approximate surface area is 180 Å².